The highest BCUT2D eigenvalue weighted by Gasteiger charge is 2.31. The maximum absolute atomic E-state index is 13.4. The Hall–Kier alpha value is -2.97. The lowest BCUT2D eigenvalue weighted by Crippen LogP contribution is -2.40. The molecule has 1 saturated heterocycles. The molecule has 0 spiro atoms. The lowest BCUT2D eigenvalue weighted by Gasteiger charge is -2.27. The molecule has 2 aromatic heterocycles. The molecule has 1 fully saturated rings. The molecule has 0 aliphatic carbocycles. The van der Waals surface area contributed by atoms with Gasteiger partial charge in [0.05, 0.1) is 24.8 Å². The van der Waals surface area contributed by atoms with Crippen LogP contribution in [-0.2, 0) is 16.0 Å². The molecule has 4 heterocycles. The van der Waals surface area contributed by atoms with E-state index in [1.54, 1.807) is 4.90 Å². The van der Waals surface area contributed by atoms with Crippen LogP contribution >= 0.6 is 11.3 Å². The fourth-order valence-corrected chi connectivity index (χ4v) is 5.56. The SMILES string of the molecule is Cc1cc(C)c2c(NC(=O)C3COc4ccccc4C3)c(C(=O)N3CCOCC3)sc2n1. The minimum Gasteiger partial charge on any atom is -0.492 e. The summed E-state index contributed by atoms with van der Waals surface area (Å²) in [6.07, 6.45) is 0.604. The van der Waals surface area contributed by atoms with Gasteiger partial charge in [0, 0.05) is 24.2 Å². The van der Waals surface area contributed by atoms with Gasteiger partial charge in [-0.2, -0.15) is 0 Å². The van der Waals surface area contributed by atoms with Crippen LogP contribution in [0.15, 0.2) is 30.3 Å². The molecule has 3 aromatic rings. The molecular weight excluding hydrogens is 426 g/mol. The fourth-order valence-electron chi connectivity index (χ4n) is 4.34. The van der Waals surface area contributed by atoms with Crippen LogP contribution in [0.4, 0.5) is 5.69 Å². The van der Waals surface area contributed by atoms with Crippen molar-refractivity contribution in [1.82, 2.24) is 9.88 Å². The van der Waals surface area contributed by atoms with E-state index in [9.17, 15) is 9.59 Å². The number of aromatic nitrogens is 1. The topological polar surface area (TPSA) is 80.8 Å². The van der Waals surface area contributed by atoms with Gasteiger partial charge in [0.1, 0.15) is 22.1 Å². The van der Waals surface area contributed by atoms with E-state index in [0.29, 0.717) is 49.9 Å². The summed E-state index contributed by atoms with van der Waals surface area (Å²) in [5.41, 5.74) is 3.46. The number of rotatable bonds is 3. The zero-order valence-corrected chi connectivity index (χ0v) is 19.0. The number of anilines is 1. The molecule has 0 bridgehead atoms. The average molecular weight is 452 g/mol. The van der Waals surface area contributed by atoms with E-state index in [4.69, 9.17) is 9.47 Å². The van der Waals surface area contributed by atoms with Gasteiger partial charge in [-0.1, -0.05) is 18.2 Å². The second kappa shape index (κ2) is 8.52. The van der Waals surface area contributed by atoms with E-state index >= 15 is 0 Å². The van der Waals surface area contributed by atoms with Crippen molar-refractivity contribution in [1.29, 1.82) is 0 Å². The molecule has 0 saturated carbocycles. The first-order chi connectivity index (χ1) is 15.5. The molecule has 7 nitrogen and oxygen atoms in total. The minimum atomic E-state index is -0.329. The Morgan fingerprint density at radius 2 is 1.97 bits per heavy atom. The second-order valence-electron chi connectivity index (χ2n) is 8.28. The molecule has 1 aromatic carbocycles. The zero-order chi connectivity index (χ0) is 22.2. The summed E-state index contributed by atoms with van der Waals surface area (Å²) in [6, 6.07) is 9.77. The summed E-state index contributed by atoms with van der Waals surface area (Å²) >= 11 is 1.34. The van der Waals surface area contributed by atoms with E-state index in [-0.39, 0.29) is 17.7 Å². The Bertz CT molecular complexity index is 1200. The zero-order valence-electron chi connectivity index (χ0n) is 18.1. The molecule has 1 N–H and O–H groups in total. The van der Waals surface area contributed by atoms with Gasteiger partial charge in [-0.15, -0.1) is 11.3 Å². The molecule has 2 amide bonds. The maximum atomic E-state index is 13.4. The monoisotopic (exact) mass is 451 g/mol. The van der Waals surface area contributed by atoms with Gasteiger partial charge in [0.15, 0.2) is 0 Å². The van der Waals surface area contributed by atoms with Gasteiger partial charge in [-0.3, -0.25) is 9.59 Å². The fraction of sp³-hybridized carbons (Fsp3) is 0.375. The van der Waals surface area contributed by atoms with Crippen molar-refractivity contribution in [2.24, 2.45) is 5.92 Å². The summed E-state index contributed by atoms with van der Waals surface area (Å²) in [4.78, 5) is 34.4. The summed E-state index contributed by atoms with van der Waals surface area (Å²) in [5, 5.41) is 3.92. The van der Waals surface area contributed by atoms with Crippen molar-refractivity contribution in [3.8, 4) is 5.75 Å². The highest BCUT2D eigenvalue weighted by atomic mass is 32.1. The predicted molar refractivity (Wildman–Crippen MR) is 124 cm³/mol. The number of fused-ring (bicyclic) bond motifs is 2. The van der Waals surface area contributed by atoms with Crippen molar-refractivity contribution in [3.05, 3.63) is 52.0 Å². The summed E-state index contributed by atoms with van der Waals surface area (Å²) < 4.78 is 11.2. The number of nitrogens with zero attached hydrogens (tertiary/aromatic N) is 2. The third-order valence-electron chi connectivity index (χ3n) is 5.98. The van der Waals surface area contributed by atoms with Crippen LogP contribution in [0.25, 0.3) is 10.2 Å². The van der Waals surface area contributed by atoms with Crippen molar-refractivity contribution < 1.29 is 19.1 Å². The van der Waals surface area contributed by atoms with Crippen LogP contribution in [0, 0.1) is 19.8 Å². The predicted octanol–water partition coefficient (Wildman–Crippen LogP) is 3.58. The Kier molecular flexibility index (Phi) is 5.57. The first-order valence-corrected chi connectivity index (χ1v) is 11.6. The van der Waals surface area contributed by atoms with Gasteiger partial charge in [0.25, 0.3) is 5.91 Å². The Balaban J connectivity index is 1.49. The van der Waals surface area contributed by atoms with E-state index in [1.807, 2.05) is 44.2 Å². The quantitative estimate of drug-likeness (QED) is 0.658. The van der Waals surface area contributed by atoms with E-state index < -0.39 is 0 Å². The number of nitrogens with one attached hydrogen (secondary N) is 1. The van der Waals surface area contributed by atoms with Gasteiger partial charge >= 0.3 is 0 Å². The second-order valence-corrected chi connectivity index (χ2v) is 9.28. The number of carbonyl (C=O) groups excluding carboxylic acids is 2. The number of thiophene rings is 1. The molecule has 2 aliphatic rings. The molecule has 8 heteroatoms. The van der Waals surface area contributed by atoms with E-state index in [1.165, 1.54) is 11.3 Å². The number of ether oxygens (including phenoxy) is 2. The smallest absolute Gasteiger partial charge is 0.266 e. The first kappa shape index (κ1) is 20.9. The van der Waals surface area contributed by atoms with Crippen LogP contribution in [0.2, 0.25) is 0 Å². The summed E-state index contributed by atoms with van der Waals surface area (Å²) in [5.74, 6) is 0.269. The third-order valence-corrected chi connectivity index (χ3v) is 7.05. The maximum Gasteiger partial charge on any atom is 0.266 e. The van der Waals surface area contributed by atoms with Crippen LogP contribution in [0.1, 0.15) is 26.5 Å². The molecule has 2 aliphatic heterocycles. The van der Waals surface area contributed by atoms with Crippen LogP contribution in [-0.4, -0.2) is 54.6 Å². The van der Waals surface area contributed by atoms with E-state index in [0.717, 1.165) is 32.8 Å². The Morgan fingerprint density at radius 1 is 1.19 bits per heavy atom. The molecule has 32 heavy (non-hydrogen) atoms. The number of carbonyl (C=O) groups is 2. The average Bonchev–Trinajstić information content (AvgIpc) is 3.16. The molecule has 1 atom stereocenters. The Morgan fingerprint density at radius 3 is 2.78 bits per heavy atom. The number of pyridine rings is 1. The number of hydrogen-bond donors (Lipinski definition) is 1. The molecule has 5 rings (SSSR count). The first-order valence-electron chi connectivity index (χ1n) is 10.8. The van der Waals surface area contributed by atoms with E-state index in [2.05, 4.69) is 10.3 Å². The van der Waals surface area contributed by atoms with Crippen molar-refractivity contribution >= 4 is 39.1 Å². The number of hydrogen-bond acceptors (Lipinski definition) is 6. The number of amides is 2. The highest BCUT2D eigenvalue weighted by Crippen LogP contribution is 2.39. The molecule has 0 radical (unpaired) electrons. The lowest BCUT2D eigenvalue weighted by atomic mass is 9.96. The minimum absolute atomic E-state index is 0.0890. The molecule has 166 valence electrons. The van der Waals surface area contributed by atoms with Crippen LogP contribution < -0.4 is 10.1 Å². The van der Waals surface area contributed by atoms with Crippen LogP contribution in [0.5, 0.6) is 5.75 Å². The summed E-state index contributed by atoms with van der Waals surface area (Å²) in [6.45, 7) is 6.36. The van der Waals surface area contributed by atoms with Crippen LogP contribution in [0.3, 0.4) is 0 Å². The third kappa shape index (κ3) is 3.84. The largest absolute Gasteiger partial charge is 0.492 e. The standard InChI is InChI=1S/C24H25N3O4S/c1-14-11-15(2)25-23-19(14)20(21(32-23)24(29)27-7-9-30-10-8-27)26-22(28)17-12-16-5-3-4-6-18(16)31-13-17/h3-6,11,17H,7-10,12-13H2,1-2H3,(H,26,28). The van der Waals surface area contributed by atoms with Gasteiger partial charge < -0.3 is 19.7 Å². The normalized spacial score (nSPS) is 18.2. The number of morpholine rings is 1. The Labute approximate surface area is 190 Å². The number of para-hydroxylation sites is 1. The van der Waals surface area contributed by atoms with Gasteiger partial charge in [0.2, 0.25) is 5.91 Å². The molecular formula is C24H25N3O4S. The summed E-state index contributed by atoms with van der Waals surface area (Å²) in [7, 11) is 0. The van der Waals surface area contributed by atoms with Crippen molar-refractivity contribution in [2.75, 3.05) is 38.2 Å². The molecule has 1 unspecified atom stereocenters. The van der Waals surface area contributed by atoms with Gasteiger partial charge in [-0.05, 0) is 43.5 Å². The lowest BCUT2D eigenvalue weighted by molar-refractivity contribution is -0.121. The van der Waals surface area contributed by atoms with Crippen molar-refractivity contribution in [2.45, 2.75) is 20.3 Å². The van der Waals surface area contributed by atoms with Crippen molar-refractivity contribution in [3.63, 3.8) is 0 Å². The number of aryl methyl sites for hydroxylation is 2. The number of benzene rings is 1. The van der Waals surface area contributed by atoms with Gasteiger partial charge in [-0.25, -0.2) is 4.98 Å². The highest BCUT2D eigenvalue weighted by molar-refractivity contribution is 7.21.